The highest BCUT2D eigenvalue weighted by Crippen LogP contribution is 2.36. The van der Waals surface area contributed by atoms with Crippen LogP contribution in [-0.4, -0.2) is 28.9 Å². The fourth-order valence-corrected chi connectivity index (χ4v) is 3.56. The van der Waals surface area contributed by atoms with Gasteiger partial charge in [-0.15, -0.1) is 0 Å². The van der Waals surface area contributed by atoms with E-state index in [9.17, 15) is 4.79 Å². The van der Waals surface area contributed by atoms with Crippen LogP contribution in [0.3, 0.4) is 0 Å². The summed E-state index contributed by atoms with van der Waals surface area (Å²) in [5, 5.41) is 0. The molecule has 1 aromatic rings. The Balaban J connectivity index is 1.83. The second-order valence-corrected chi connectivity index (χ2v) is 6.25. The molecule has 1 aromatic carbocycles. The average molecular weight is 309 g/mol. The normalized spacial score (nSPS) is 30.6. The van der Waals surface area contributed by atoms with Crippen LogP contribution < -0.4 is 5.73 Å². The lowest BCUT2D eigenvalue weighted by atomic mass is 9.97. The molecule has 2 saturated heterocycles. The first-order valence-electron chi connectivity index (χ1n) is 6.49. The Bertz CT molecular complexity index is 445. The third-order valence-corrected chi connectivity index (χ3v) is 4.62. The molecule has 1 amide bonds. The van der Waals surface area contributed by atoms with Gasteiger partial charge in [-0.3, -0.25) is 4.79 Å². The van der Waals surface area contributed by atoms with Crippen molar-refractivity contribution in [2.24, 2.45) is 5.73 Å². The molecule has 0 radical (unpaired) electrons. The lowest BCUT2D eigenvalue weighted by molar-refractivity contribution is 0.0575. The number of fused-ring (bicyclic) bond motifs is 2. The Kier molecular flexibility index (Phi) is 3.16. The summed E-state index contributed by atoms with van der Waals surface area (Å²) in [6.07, 6.45) is 4.14. The zero-order valence-electron chi connectivity index (χ0n) is 10.2. The first-order chi connectivity index (χ1) is 8.65. The minimum atomic E-state index is 0.168. The van der Waals surface area contributed by atoms with E-state index in [1.807, 2.05) is 24.3 Å². The number of nitrogens with zero attached hydrogens (tertiary/aromatic N) is 1. The Morgan fingerprint density at radius 2 is 1.72 bits per heavy atom. The van der Waals surface area contributed by atoms with Gasteiger partial charge < -0.3 is 10.6 Å². The molecule has 0 spiro atoms. The van der Waals surface area contributed by atoms with E-state index >= 15 is 0 Å². The minimum absolute atomic E-state index is 0.168. The second-order valence-electron chi connectivity index (χ2n) is 5.34. The van der Waals surface area contributed by atoms with Crippen LogP contribution in [0.25, 0.3) is 0 Å². The van der Waals surface area contributed by atoms with E-state index in [4.69, 9.17) is 5.73 Å². The number of carbonyl (C=O) groups excluding carboxylic acids is 1. The summed E-state index contributed by atoms with van der Waals surface area (Å²) in [4.78, 5) is 14.6. The highest BCUT2D eigenvalue weighted by atomic mass is 79.9. The molecule has 2 aliphatic rings. The van der Waals surface area contributed by atoms with Crippen molar-refractivity contribution in [1.29, 1.82) is 0 Å². The number of amides is 1. The molecular formula is C14H17BrN2O. The van der Waals surface area contributed by atoms with Gasteiger partial charge in [0.2, 0.25) is 0 Å². The van der Waals surface area contributed by atoms with Crippen LogP contribution in [0, 0.1) is 0 Å². The fraction of sp³-hybridized carbons (Fsp3) is 0.500. The van der Waals surface area contributed by atoms with Crippen LogP contribution in [0.4, 0.5) is 0 Å². The van der Waals surface area contributed by atoms with Gasteiger partial charge in [0, 0.05) is 28.2 Å². The van der Waals surface area contributed by atoms with E-state index in [0.29, 0.717) is 12.1 Å². The lowest BCUT2D eigenvalue weighted by Gasteiger charge is -2.37. The number of nitrogens with two attached hydrogens (primary N) is 1. The monoisotopic (exact) mass is 308 g/mol. The number of carbonyl (C=O) groups is 1. The van der Waals surface area contributed by atoms with Gasteiger partial charge >= 0.3 is 0 Å². The van der Waals surface area contributed by atoms with E-state index in [1.165, 1.54) is 0 Å². The molecule has 4 heteroatoms. The predicted molar refractivity (Wildman–Crippen MR) is 74.3 cm³/mol. The number of halogens is 1. The van der Waals surface area contributed by atoms with Crippen molar-refractivity contribution >= 4 is 21.8 Å². The van der Waals surface area contributed by atoms with Gasteiger partial charge in [0.1, 0.15) is 0 Å². The van der Waals surface area contributed by atoms with Crippen LogP contribution in [0.15, 0.2) is 28.7 Å². The number of piperidine rings is 1. The molecule has 3 rings (SSSR count). The number of hydrogen-bond donors (Lipinski definition) is 1. The molecule has 2 unspecified atom stereocenters. The molecule has 0 aromatic heterocycles. The molecule has 2 heterocycles. The Hall–Kier alpha value is -0.870. The van der Waals surface area contributed by atoms with E-state index in [2.05, 4.69) is 20.8 Å². The van der Waals surface area contributed by atoms with Gasteiger partial charge in [0.15, 0.2) is 0 Å². The molecule has 2 fully saturated rings. The van der Waals surface area contributed by atoms with Crippen LogP contribution in [0.2, 0.25) is 0 Å². The average Bonchev–Trinajstić information content (AvgIpc) is 2.62. The quantitative estimate of drug-likeness (QED) is 0.866. The first-order valence-corrected chi connectivity index (χ1v) is 7.28. The van der Waals surface area contributed by atoms with Crippen LogP contribution >= 0.6 is 15.9 Å². The Morgan fingerprint density at radius 3 is 2.28 bits per heavy atom. The van der Waals surface area contributed by atoms with E-state index < -0.39 is 0 Å². The Labute approximate surface area is 115 Å². The highest BCUT2D eigenvalue weighted by Gasteiger charge is 2.42. The minimum Gasteiger partial charge on any atom is -0.333 e. The molecule has 0 aliphatic carbocycles. The summed E-state index contributed by atoms with van der Waals surface area (Å²) in [5.74, 6) is 0.168. The van der Waals surface area contributed by atoms with Crippen LogP contribution in [-0.2, 0) is 0 Å². The van der Waals surface area contributed by atoms with Crippen molar-refractivity contribution in [3.8, 4) is 0 Å². The van der Waals surface area contributed by atoms with Gasteiger partial charge in [-0.25, -0.2) is 0 Å². The summed E-state index contributed by atoms with van der Waals surface area (Å²) >= 11 is 3.39. The standard InChI is InChI=1S/C14H17BrN2O/c15-10-3-1-9(2-4-10)14(18)17-12-5-6-13(17)8-11(16)7-12/h1-4,11-13H,5-8,16H2. The first kappa shape index (κ1) is 12.2. The molecular weight excluding hydrogens is 292 g/mol. The van der Waals surface area contributed by atoms with Crippen molar-refractivity contribution < 1.29 is 4.79 Å². The van der Waals surface area contributed by atoms with Crippen molar-refractivity contribution in [2.75, 3.05) is 0 Å². The summed E-state index contributed by atoms with van der Waals surface area (Å²) in [7, 11) is 0. The molecule has 0 saturated carbocycles. The van der Waals surface area contributed by atoms with Crippen molar-refractivity contribution in [1.82, 2.24) is 4.90 Å². The molecule has 2 aliphatic heterocycles. The maximum Gasteiger partial charge on any atom is 0.254 e. The van der Waals surface area contributed by atoms with Gasteiger partial charge in [0.05, 0.1) is 0 Å². The maximum atomic E-state index is 12.5. The topological polar surface area (TPSA) is 46.3 Å². The number of rotatable bonds is 1. The summed E-state index contributed by atoms with van der Waals surface area (Å²) < 4.78 is 1.00. The van der Waals surface area contributed by atoms with Gasteiger partial charge in [0.25, 0.3) is 5.91 Å². The third kappa shape index (κ3) is 2.08. The summed E-state index contributed by atoms with van der Waals surface area (Å²) in [5.41, 5.74) is 6.82. The smallest absolute Gasteiger partial charge is 0.254 e. The summed E-state index contributed by atoms with van der Waals surface area (Å²) in [6.45, 7) is 0. The number of benzene rings is 1. The zero-order chi connectivity index (χ0) is 12.7. The van der Waals surface area contributed by atoms with Gasteiger partial charge in [-0.1, -0.05) is 15.9 Å². The second kappa shape index (κ2) is 4.67. The molecule has 3 nitrogen and oxygen atoms in total. The van der Waals surface area contributed by atoms with Crippen molar-refractivity contribution in [3.63, 3.8) is 0 Å². The van der Waals surface area contributed by atoms with Crippen molar-refractivity contribution in [3.05, 3.63) is 34.3 Å². The maximum absolute atomic E-state index is 12.5. The van der Waals surface area contributed by atoms with Crippen LogP contribution in [0.1, 0.15) is 36.0 Å². The SMILES string of the molecule is NC1CC2CCC(C1)N2C(=O)c1ccc(Br)cc1. The van der Waals surface area contributed by atoms with E-state index in [0.717, 1.165) is 35.7 Å². The van der Waals surface area contributed by atoms with Crippen molar-refractivity contribution in [2.45, 2.75) is 43.8 Å². The summed E-state index contributed by atoms with van der Waals surface area (Å²) in [6, 6.07) is 8.61. The zero-order valence-corrected chi connectivity index (χ0v) is 11.8. The van der Waals surface area contributed by atoms with E-state index in [-0.39, 0.29) is 11.9 Å². The number of hydrogen-bond acceptors (Lipinski definition) is 2. The lowest BCUT2D eigenvalue weighted by Crippen LogP contribution is -2.50. The van der Waals surface area contributed by atoms with Crippen LogP contribution in [0.5, 0.6) is 0 Å². The predicted octanol–water partition coefficient (Wildman–Crippen LogP) is 2.54. The molecule has 18 heavy (non-hydrogen) atoms. The molecule has 96 valence electrons. The van der Waals surface area contributed by atoms with Gasteiger partial charge in [-0.05, 0) is 49.9 Å². The third-order valence-electron chi connectivity index (χ3n) is 4.10. The molecule has 2 N–H and O–H groups in total. The largest absolute Gasteiger partial charge is 0.333 e. The molecule has 2 atom stereocenters. The van der Waals surface area contributed by atoms with E-state index in [1.54, 1.807) is 0 Å². The highest BCUT2D eigenvalue weighted by molar-refractivity contribution is 9.10. The molecule has 2 bridgehead atoms. The Morgan fingerprint density at radius 1 is 1.17 bits per heavy atom. The van der Waals surface area contributed by atoms with Gasteiger partial charge in [-0.2, -0.15) is 0 Å². The fourth-order valence-electron chi connectivity index (χ4n) is 3.29.